The van der Waals surface area contributed by atoms with Crippen LogP contribution in [0.15, 0.2) is 35.3 Å². The maximum absolute atomic E-state index is 11.6. The number of likely N-dealkylation sites (N-methyl/N-ethyl adjacent to an activating group) is 1. The number of rotatable bonds is 2. The van der Waals surface area contributed by atoms with Gasteiger partial charge in [-0.15, -0.1) is 0 Å². The monoisotopic (exact) mass is 293 g/mol. The molecule has 1 aliphatic rings. The highest BCUT2D eigenvalue weighted by Crippen LogP contribution is 2.16. The minimum Gasteiger partial charge on any atom is -0.494 e. The van der Waals surface area contributed by atoms with Gasteiger partial charge in [0.25, 0.3) is 0 Å². The molecule has 0 aliphatic carbocycles. The number of halogens is 1. The van der Waals surface area contributed by atoms with Crippen LogP contribution < -0.4 is 0 Å². The van der Waals surface area contributed by atoms with Crippen LogP contribution in [0.4, 0.5) is 0 Å². The van der Waals surface area contributed by atoms with Gasteiger partial charge < -0.3 is 9.31 Å². The molecule has 1 saturated heterocycles. The molecule has 0 saturated carbocycles. The third-order valence-electron chi connectivity index (χ3n) is 2.60. The van der Waals surface area contributed by atoms with E-state index in [4.69, 9.17) is 20.9 Å². The quantitative estimate of drug-likeness (QED) is 0.770. The Balaban J connectivity index is 2.15. The van der Waals surface area contributed by atoms with Crippen LogP contribution in [0, 0.1) is 0 Å². The second-order valence-corrected chi connectivity index (χ2v) is 4.86. The van der Waals surface area contributed by atoms with Crippen LogP contribution in [-0.2, 0) is 18.9 Å². The van der Waals surface area contributed by atoms with E-state index in [0.29, 0.717) is 0 Å². The van der Waals surface area contributed by atoms with Gasteiger partial charge >= 0.3 is 19.1 Å². The molecule has 0 unspecified atom stereocenters. The van der Waals surface area contributed by atoms with Crippen LogP contribution in [0.1, 0.15) is 5.56 Å². The third-order valence-corrected chi connectivity index (χ3v) is 2.89. The van der Waals surface area contributed by atoms with Crippen molar-refractivity contribution in [3.63, 3.8) is 0 Å². The molecule has 20 heavy (non-hydrogen) atoms. The zero-order chi connectivity index (χ0) is 14.5. The highest BCUT2D eigenvalue weighted by molar-refractivity contribution is 6.72. The van der Waals surface area contributed by atoms with Gasteiger partial charge in [0.15, 0.2) is 0 Å². The van der Waals surface area contributed by atoms with E-state index < -0.39 is 19.1 Å². The summed E-state index contributed by atoms with van der Waals surface area (Å²) in [5.74, 6) is -0.991. The van der Waals surface area contributed by atoms with Crippen molar-refractivity contribution in [1.82, 2.24) is 4.90 Å². The maximum Gasteiger partial charge on any atom is 0.648 e. The minimum atomic E-state index is -1.19. The molecule has 0 bridgehead atoms. The molecule has 1 heterocycles. The molecule has 0 spiro atoms. The van der Waals surface area contributed by atoms with E-state index in [-0.39, 0.29) is 18.0 Å². The normalized spacial score (nSPS) is 18.1. The molecule has 2 rings (SSSR count). The summed E-state index contributed by atoms with van der Waals surface area (Å²) in [4.78, 5) is 24.8. The first-order valence-electron chi connectivity index (χ1n) is 6.04. The molecule has 0 atom stereocenters. The summed E-state index contributed by atoms with van der Waals surface area (Å²) < 4.78 is 10.1. The summed E-state index contributed by atoms with van der Waals surface area (Å²) in [5, 5.41) is 0. The molecule has 0 radical (unpaired) electrons. The number of hydrogen-bond donors (Lipinski definition) is 0. The van der Waals surface area contributed by atoms with Gasteiger partial charge in [0.2, 0.25) is 0 Å². The Morgan fingerprint density at radius 3 is 2.30 bits per heavy atom. The minimum absolute atomic E-state index is 0.0150. The van der Waals surface area contributed by atoms with Crippen molar-refractivity contribution in [2.24, 2.45) is 0 Å². The van der Waals surface area contributed by atoms with Crippen molar-refractivity contribution in [1.29, 1.82) is 0 Å². The van der Waals surface area contributed by atoms with Gasteiger partial charge in [0, 0.05) is 0 Å². The molecule has 5 nitrogen and oxygen atoms in total. The second-order valence-electron chi connectivity index (χ2n) is 4.42. The summed E-state index contributed by atoms with van der Waals surface area (Å²) in [7, 11) is 0.440. The molecule has 1 fully saturated rings. The third kappa shape index (κ3) is 4.11. The number of benzene rings is 1. The number of nitrogens with zero attached hydrogens (tertiary/aromatic N) is 1. The van der Waals surface area contributed by atoms with E-state index in [9.17, 15) is 9.59 Å². The molecule has 0 amide bonds. The van der Waals surface area contributed by atoms with Crippen LogP contribution in [0.25, 0.3) is 6.08 Å². The molecule has 0 N–H and O–H groups in total. The Bertz CT molecular complexity index is 514. The molecule has 1 aromatic rings. The lowest BCUT2D eigenvalue weighted by Crippen LogP contribution is -2.42. The lowest BCUT2D eigenvalue weighted by Gasteiger charge is -2.22. The van der Waals surface area contributed by atoms with Crippen LogP contribution in [0.2, 0.25) is 0 Å². The zero-order valence-corrected chi connectivity index (χ0v) is 11.7. The van der Waals surface area contributed by atoms with Crippen molar-refractivity contribution < 1.29 is 18.9 Å². The van der Waals surface area contributed by atoms with Crippen LogP contribution in [0.5, 0.6) is 0 Å². The SMILES string of the molecule is CN1CC(=O)OB(/C(Cl)=C\c2ccccc2)OC(=O)C1. The smallest absolute Gasteiger partial charge is 0.494 e. The van der Waals surface area contributed by atoms with Crippen LogP contribution in [0.3, 0.4) is 0 Å². The molecule has 7 heteroatoms. The van der Waals surface area contributed by atoms with E-state index in [0.717, 1.165) is 5.56 Å². The highest BCUT2D eigenvalue weighted by atomic mass is 35.5. The van der Waals surface area contributed by atoms with Gasteiger partial charge in [0.1, 0.15) is 0 Å². The standard InChI is InChI=1S/C13H13BClNO4/c1-16-8-12(17)19-14(20-13(18)9-16)11(15)7-10-5-3-2-4-6-10/h2-7H,8-9H2,1H3/b11-7+. The van der Waals surface area contributed by atoms with Crippen LogP contribution in [-0.4, -0.2) is 44.1 Å². The molecule has 0 aromatic heterocycles. The van der Waals surface area contributed by atoms with Crippen molar-refractivity contribution in [2.45, 2.75) is 0 Å². The number of carbonyl (C=O) groups excluding carboxylic acids is 2. The summed E-state index contributed by atoms with van der Waals surface area (Å²) in [6.07, 6.45) is 1.60. The predicted octanol–water partition coefficient (Wildman–Crippen LogP) is 1.33. The van der Waals surface area contributed by atoms with Crippen molar-refractivity contribution in [2.75, 3.05) is 20.1 Å². The van der Waals surface area contributed by atoms with Gasteiger partial charge in [-0.1, -0.05) is 41.9 Å². The Hall–Kier alpha value is -1.79. The average Bonchev–Trinajstić information content (AvgIpc) is 2.37. The van der Waals surface area contributed by atoms with Gasteiger partial charge in [-0.2, -0.15) is 0 Å². The summed E-state index contributed by atoms with van der Waals surface area (Å²) in [5.41, 5.74) is 0.823. The first kappa shape index (κ1) is 14.6. The largest absolute Gasteiger partial charge is 0.648 e. The average molecular weight is 294 g/mol. The number of hydrogen-bond acceptors (Lipinski definition) is 5. The van der Waals surface area contributed by atoms with Gasteiger partial charge in [-0.05, 0) is 18.7 Å². The Kier molecular flexibility index (Phi) is 4.81. The molecule has 104 valence electrons. The Labute approximate surface area is 122 Å². The zero-order valence-electron chi connectivity index (χ0n) is 10.9. The maximum atomic E-state index is 11.6. The topological polar surface area (TPSA) is 55.8 Å². The van der Waals surface area contributed by atoms with Crippen LogP contribution >= 0.6 is 11.6 Å². The first-order valence-corrected chi connectivity index (χ1v) is 6.42. The predicted molar refractivity (Wildman–Crippen MR) is 75.7 cm³/mol. The van der Waals surface area contributed by atoms with E-state index in [1.54, 1.807) is 13.1 Å². The van der Waals surface area contributed by atoms with E-state index in [2.05, 4.69) is 0 Å². The first-order chi connectivity index (χ1) is 9.54. The summed E-state index contributed by atoms with van der Waals surface area (Å²) >= 11 is 6.08. The van der Waals surface area contributed by atoms with Crippen molar-refractivity contribution in [3.05, 3.63) is 40.8 Å². The fourth-order valence-corrected chi connectivity index (χ4v) is 1.94. The Morgan fingerprint density at radius 2 is 1.75 bits per heavy atom. The van der Waals surface area contributed by atoms with E-state index in [1.807, 2.05) is 30.3 Å². The highest BCUT2D eigenvalue weighted by Gasteiger charge is 2.34. The van der Waals surface area contributed by atoms with Gasteiger partial charge in [0.05, 0.1) is 18.0 Å². The summed E-state index contributed by atoms with van der Waals surface area (Å²) in [6.45, 7) is 0.0300. The molecular weight excluding hydrogens is 280 g/mol. The molecule has 1 aliphatic heterocycles. The van der Waals surface area contributed by atoms with E-state index in [1.165, 1.54) is 4.90 Å². The van der Waals surface area contributed by atoms with Gasteiger partial charge in [-0.3, -0.25) is 14.5 Å². The van der Waals surface area contributed by atoms with Crippen molar-refractivity contribution in [3.8, 4) is 0 Å². The van der Waals surface area contributed by atoms with Gasteiger partial charge in [-0.25, -0.2) is 0 Å². The lowest BCUT2D eigenvalue weighted by atomic mass is 9.87. The second kappa shape index (κ2) is 6.59. The lowest BCUT2D eigenvalue weighted by molar-refractivity contribution is -0.145. The van der Waals surface area contributed by atoms with Crippen molar-refractivity contribution >= 4 is 36.7 Å². The fraction of sp³-hybridized carbons (Fsp3) is 0.231. The fourth-order valence-electron chi connectivity index (χ4n) is 1.72. The molecular formula is C13H13BClNO4. The van der Waals surface area contributed by atoms with E-state index >= 15 is 0 Å². The summed E-state index contributed by atoms with van der Waals surface area (Å²) in [6, 6.07) is 9.24. The Morgan fingerprint density at radius 1 is 1.20 bits per heavy atom. The number of carbonyl (C=O) groups is 2. The molecule has 1 aromatic carbocycles.